The highest BCUT2D eigenvalue weighted by Gasteiger charge is 2.34. The third-order valence-electron chi connectivity index (χ3n) is 3.06. The van der Waals surface area contributed by atoms with Crippen molar-refractivity contribution >= 4 is 40.3 Å². The van der Waals surface area contributed by atoms with Crippen LogP contribution >= 0.6 is 23.2 Å². The lowest BCUT2D eigenvalue weighted by Gasteiger charge is -2.15. The first-order valence-electron chi connectivity index (χ1n) is 6.39. The second-order valence-corrected chi connectivity index (χ2v) is 5.46. The molecule has 2 aromatic rings. The van der Waals surface area contributed by atoms with E-state index in [9.17, 15) is 13.2 Å². The average Bonchev–Trinajstić information content (AvgIpc) is 2.43. The first kappa shape index (κ1) is 16.8. The highest BCUT2D eigenvalue weighted by molar-refractivity contribution is 6.32. The normalized spacial score (nSPS) is 11.5. The number of benzene rings is 2. The first-order chi connectivity index (χ1) is 10.3. The summed E-state index contributed by atoms with van der Waals surface area (Å²) in [4.78, 5) is 0. The third-order valence-corrected chi connectivity index (χ3v) is 3.56. The average molecular weight is 349 g/mol. The number of alkyl halides is 4. The molecular weight excluding hydrogens is 336 g/mol. The van der Waals surface area contributed by atoms with Crippen LogP contribution in [0, 0.1) is 0 Å². The van der Waals surface area contributed by atoms with Crippen LogP contribution in [0.15, 0.2) is 36.4 Å². The molecule has 2 rings (SSSR count). The zero-order valence-corrected chi connectivity index (χ0v) is 12.9. The number of rotatable bonds is 4. The molecule has 0 aliphatic heterocycles. The minimum absolute atomic E-state index is 0.142. The summed E-state index contributed by atoms with van der Waals surface area (Å²) < 4.78 is 38.6. The monoisotopic (exact) mass is 348 g/mol. The number of nitrogens with two attached hydrogens (primary N) is 1. The Morgan fingerprint density at radius 3 is 2.27 bits per heavy atom. The number of halogens is 5. The lowest BCUT2D eigenvalue weighted by Crippen LogP contribution is -2.08. The molecule has 0 aromatic heterocycles. The number of hydrogen-bond acceptors (Lipinski definition) is 2. The maximum Gasteiger partial charge on any atom is 0.417 e. The third kappa shape index (κ3) is 3.99. The molecule has 0 saturated carbocycles. The summed E-state index contributed by atoms with van der Waals surface area (Å²) in [6.45, 7) is 0. The van der Waals surface area contributed by atoms with Gasteiger partial charge in [-0.25, -0.2) is 0 Å². The van der Waals surface area contributed by atoms with Gasteiger partial charge in [-0.15, -0.1) is 11.6 Å². The Bertz CT molecular complexity index is 655. The van der Waals surface area contributed by atoms with E-state index < -0.39 is 16.8 Å². The largest absolute Gasteiger partial charge is 0.417 e. The van der Waals surface area contributed by atoms with E-state index in [1.165, 1.54) is 0 Å². The van der Waals surface area contributed by atoms with Crippen LogP contribution in [0.25, 0.3) is 0 Å². The quantitative estimate of drug-likeness (QED) is 0.568. The van der Waals surface area contributed by atoms with E-state index >= 15 is 0 Å². The van der Waals surface area contributed by atoms with Crippen LogP contribution in [-0.2, 0) is 12.6 Å². The Kier molecular flexibility index (Phi) is 5.08. The molecular formula is C15H13Cl2F3N2. The summed E-state index contributed by atoms with van der Waals surface area (Å²) >= 11 is 11.3. The summed E-state index contributed by atoms with van der Waals surface area (Å²) in [6, 6.07) is 9.20. The van der Waals surface area contributed by atoms with E-state index in [-0.39, 0.29) is 11.4 Å². The summed E-state index contributed by atoms with van der Waals surface area (Å²) in [5, 5.41) is 2.44. The van der Waals surface area contributed by atoms with Crippen molar-refractivity contribution in [1.82, 2.24) is 0 Å². The Hall–Kier alpha value is -1.59. The van der Waals surface area contributed by atoms with Gasteiger partial charge in [0.2, 0.25) is 0 Å². The molecule has 0 aliphatic rings. The van der Waals surface area contributed by atoms with Gasteiger partial charge in [0.05, 0.1) is 22.0 Å². The van der Waals surface area contributed by atoms with Crippen LogP contribution in [-0.4, -0.2) is 5.88 Å². The number of nitrogen functional groups attached to an aromatic ring is 1. The minimum Gasteiger partial charge on any atom is -0.397 e. The first-order valence-corrected chi connectivity index (χ1v) is 7.30. The van der Waals surface area contributed by atoms with Gasteiger partial charge in [-0.3, -0.25) is 0 Å². The Morgan fingerprint density at radius 2 is 1.73 bits per heavy atom. The van der Waals surface area contributed by atoms with Crippen molar-refractivity contribution in [1.29, 1.82) is 0 Å². The lowest BCUT2D eigenvalue weighted by molar-refractivity contribution is -0.137. The molecule has 3 N–H and O–H groups in total. The molecule has 0 spiro atoms. The summed E-state index contributed by atoms with van der Waals surface area (Å²) in [5.74, 6) is 0.506. The predicted molar refractivity (Wildman–Crippen MR) is 85.0 cm³/mol. The molecule has 2 nitrogen and oxygen atoms in total. The van der Waals surface area contributed by atoms with Crippen molar-refractivity contribution in [3.63, 3.8) is 0 Å². The van der Waals surface area contributed by atoms with Crippen LogP contribution in [0.4, 0.5) is 30.2 Å². The highest BCUT2D eigenvalue weighted by Crippen LogP contribution is 2.39. The van der Waals surface area contributed by atoms with Crippen molar-refractivity contribution in [2.45, 2.75) is 12.6 Å². The Morgan fingerprint density at radius 1 is 1.09 bits per heavy atom. The van der Waals surface area contributed by atoms with E-state index in [2.05, 4.69) is 5.32 Å². The van der Waals surface area contributed by atoms with Gasteiger partial charge >= 0.3 is 6.18 Å². The molecule has 0 heterocycles. The number of nitrogens with one attached hydrogen (secondary N) is 1. The van der Waals surface area contributed by atoms with Gasteiger partial charge in [0.25, 0.3) is 0 Å². The van der Waals surface area contributed by atoms with Gasteiger partial charge in [-0.1, -0.05) is 23.7 Å². The predicted octanol–water partition coefficient (Wildman–Crippen LogP) is 5.47. The molecule has 118 valence electrons. The smallest absolute Gasteiger partial charge is 0.397 e. The fourth-order valence-corrected chi connectivity index (χ4v) is 2.43. The fourth-order valence-electron chi connectivity index (χ4n) is 1.93. The number of anilines is 3. The van der Waals surface area contributed by atoms with E-state index in [0.29, 0.717) is 11.6 Å². The van der Waals surface area contributed by atoms with Gasteiger partial charge in [0, 0.05) is 11.6 Å². The maximum absolute atomic E-state index is 12.9. The van der Waals surface area contributed by atoms with Crippen molar-refractivity contribution in [3.8, 4) is 0 Å². The van der Waals surface area contributed by atoms with E-state index in [0.717, 1.165) is 24.1 Å². The summed E-state index contributed by atoms with van der Waals surface area (Å²) in [5.41, 5.74) is 6.76. The molecule has 0 bridgehead atoms. The zero-order valence-electron chi connectivity index (χ0n) is 11.3. The van der Waals surface area contributed by atoms with Crippen LogP contribution in [0.5, 0.6) is 0 Å². The lowest BCUT2D eigenvalue weighted by atomic mass is 10.1. The van der Waals surface area contributed by atoms with Crippen molar-refractivity contribution < 1.29 is 13.2 Å². The molecule has 0 atom stereocenters. The van der Waals surface area contributed by atoms with Gasteiger partial charge in [-0.05, 0) is 36.2 Å². The molecule has 2 aromatic carbocycles. The van der Waals surface area contributed by atoms with E-state index in [4.69, 9.17) is 28.9 Å². The topological polar surface area (TPSA) is 38.0 Å². The van der Waals surface area contributed by atoms with Crippen molar-refractivity contribution in [2.24, 2.45) is 0 Å². The number of hydrogen-bond donors (Lipinski definition) is 2. The van der Waals surface area contributed by atoms with E-state index in [1.54, 1.807) is 12.1 Å². The van der Waals surface area contributed by atoms with Gasteiger partial charge in [0.15, 0.2) is 0 Å². The fraction of sp³-hybridized carbons (Fsp3) is 0.200. The van der Waals surface area contributed by atoms with Crippen LogP contribution in [0.1, 0.15) is 11.1 Å². The summed E-state index contributed by atoms with van der Waals surface area (Å²) in [6.07, 6.45) is -3.81. The molecule has 0 unspecified atom stereocenters. The standard InChI is InChI=1S/C15H13Cl2F3N2/c16-6-5-9-1-3-10(4-2-9)22-14-7-11(15(18,19)20)12(17)8-13(14)21/h1-4,7-8,22H,5-6,21H2. The summed E-state index contributed by atoms with van der Waals surface area (Å²) in [7, 11) is 0. The molecule has 22 heavy (non-hydrogen) atoms. The van der Waals surface area contributed by atoms with Crippen LogP contribution in [0.2, 0.25) is 5.02 Å². The molecule has 0 radical (unpaired) electrons. The zero-order chi connectivity index (χ0) is 16.3. The van der Waals surface area contributed by atoms with Gasteiger partial charge < -0.3 is 11.1 Å². The van der Waals surface area contributed by atoms with Crippen molar-refractivity contribution in [2.75, 3.05) is 16.9 Å². The molecule has 0 aliphatic carbocycles. The van der Waals surface area contributed by atoms with Crippen molar-refractivity contribution in [3.05, 3.63) is 52.5 Å². The maximum atomic E-state index is 12.9. The highest BCUT2D eigenvalue weighted by atomic mass is 35.5. The second kappa shape index (κ2) is 6.67. The minimum atomic E-state index is -4.54. The molecule has 7 heteroatoms. The molecule has 0 fully saturated rings. The second-order valence-electron chi connectivity index (χ2n) is 4.68. The van der Waals surface area contributed by atoms with Crippen LogP contribution in [0.3, 0.4) is 0 Å². The SMILES string of the molecule is Nc1cc(Cl)c(C(F)(F)F)cc1Nc1ccc(CCCl)cc1. The van der Waals surface area contributed by atoms with E-state index in [1.807, 2.05) is 12.1 Å². The Balaban J connectivity index is 2.29. The molecule has 0 saturated heterocycles. The molecule has 0 amide bonds. The Labute approximate surface area is 136 Å². The van der Waals surface area contributed by atoms with Gasteiger partial charge in [-0.2, -0.15) is 13.2 Å². The van der Waals surface area contributed by atoms with Gasteiger partial charge in [0.1, 0.15) is 0 Å². The van der Waals surface area contributed by atoms with Crippen LogP contribution < -0.4 is 11.1 Å². The number of aryl methyl sites for hydroxylation is 1.